The third-order valence-corrected chi connectivity index (χ3v) is 6.47. The Morgan fingerprint density at radius 2 is 1.94 bits per heavy atom. The van der Waals surface area contributed by atoms with Gasteiger partial charge in [0.2, 0.25) is 0 Å². The van der Waals surface area contributed by atoms with Crippen LogP contribution in [-0.2, 0) is 0 Å². The van der Waals surface area contributed by atoms with E-state index in [4.69, 9.17) is 0 Å². The van der Waals surface area contributed by atoms with Crippen molar-refractivity contribution in [2.75, 3.05) is 11.5 Å². The molecule has 1 aromatic rings. The molecule has 0 spiro atoms. The fourth-order valence-electron chi connectivity index (χ4n) is 2.33. The van der Waals surface area contributed by atoms with Crippen LogP contribution in [0, 0.1) is 13.8 Å². The van der Waals surface area contributed by atoms with E-state index in [0.717, 1.165) is 11.3 Å². The molecule has 3 unspecified atom stereocenters. The van der Waals surface area contributed by atoms with E-state index in [0.29, 0.717) is 10.5 Å². The second kappa shape index (κ2) is 5.68. The van der Waals surface area contributed by atoms with Gasteiger partial charge in [0, 0.05) is 22.0 Å². The van der Waals surface area contributed by atoms with E-state index in [-0.39, 0.29) is 6.10 Å². The number of benzene rings is 1. The zero-order valence-electron chi connectivity index (χ0n) is 10.6. The lowest BCUT2D eigenvalue weighted by atomic mass is 9.98. The lowest BCUT2D eigenvalue weighted by molar-refractivity contribution is 0.173. The van der Waals surface area contributed by atoms with Crippen molar-refractivity contribution in [3.05, 3.63) is 34.9 Å². The van der Waals surface area contributed by atoms with Gasteiger partial charge in [0.1, 0.15) is 0 Å². The van der Waals surface area contributed by atoms with E-state index >= 15 is 0 Å². The van der Waals surface area contributed by atoms with Gasteiger partial charge in [0.05, 0.1) is 6.10 Å². The van der Waals surface area contributed by atoms with Crippen molar-refractivity contribution in [1.82, 2.24) is 0 Å². The molecule has 1 aliphatic heterocycles. The molecule has 17 heavy (non-hydrogen) atoms. The number of aliphatic hydroxyl groups excluding tert-OH is 1. The zero-order valence-corrected chi connectivity index (χ0v) is 12.3. The quantitative estimate of drug-likeness (QED) is 0.885. The SMILES string of the molecule is Cc1ccc(C(O)C2SCCSC2C)c(C)c1. The molecular formula is C14H20OS2. The summed E-state index contributed by atoms with van der Waals surface area (Å²) in [5.41, 5.74) is 3.57. The highest BCUT2D eigenvalue weighted by Gasteiger charge is 2.30. The molecule has 1 nitrogen and oxygen atoms in total. The Balaban J connectivity index is 2.20. The molecule has 0 aliphatic carbocycles. The van der Waals surface area contributed by atoms with E-state index in [1.165, 1.54) is 16.9 Å². The molecule has 1 N–H and O–H groups in total. The summed E-state index contributed by atoms with van der Waals surface area (Å²) in [5.74, 6) is 2.36. The second-order valence-corrected chi connectivity index (χ2v) is 7.49. The third kappa shape index (κ3) is 3.01. The minimum absolute atomic E-state index is 0.329. The van der Waals surface area contributed by atoms with E-state index in [9.17, 15) is 5.11 Å². The maximum Gasteiger partial charge on any atom is 0.0921 e. The summed E-state index contributed by atoms with van der Waals surface area (Å²) in [4.78, 5) is 0. The molecule has 94 valence electrons. The molecule has 1 aromatic carbocycles. The molecular weight excluding hydrogens is 248 g/mol. The molecule has 1 fully saturated rings. The Bertz CT molecular complexity index is 392. The molecule has 3 heteroatoms. The van der Waals surface area contributed by atoms with Gasteiger partial charge in [-0.25, -0.2) is 0 Å². The van der Waals surface area contributed by atoms with Crippen molar-refractivity contribution < 1.29 is 5.11 Å². The first-order chi connectivity index (χ1) is 8.09. The summed E-state index contributed by atoms with van der Waals surface area (Å²) in [6.07, 6.45) is -0.330. The van der Waals surface area contributed by atoms with Crippen LogP contribution in [-0.4, -0.2) is 27.1 Å². The van der Waals surface area contributed by atoms with Gasteiger partial charge in [0.15, 0.2) is 0 Å². The number of aliphatic hydroxyl groups is 1. The fourth-order valence-corrected chi connectivity index (χ4v) is 5.15. The Labute approximate surface area is 112 Å². The van der Waals surface area contributed by atoms with E-state index in [2.05, 4.69) is 39.0 Å². The van der Waals surface area contributed by atoms with Crippen LogP contribution >= 0.6 is 23.5 Å². The minimum Gasteiger partial charge on any atom is -0.387 e. The number of aryl methyl sites for hydroxylation is 2. The Morgan fingerprint density at radius 1 is 1.24 bits per heavy atom. The van der Waals surface area contributed by atoms with Crippen molar-refractivity contribution in [3.8, 4) is 0 Å². The van der Waals surface area contributed by atoms with Crippen LogP contribution in [0.3, 0.4) is 0 Å². The van der Waals surface area contributed by atoms with Crippen molar-refractivity contribution in [2.45, 2.75) is 37.4 Å². The summed E-state index contributed by atoms with van der Waals surface area (Å²) < 4.78 is 0. The highest BCUT2D eigenvalue weighted by atomic mass is 32.2. The van der Waals surface area contributed by atoms with Gasteiger partial charge in [-0.3, -0.25) is 0 Å². The van der Waals surface area contributed by atoms with Gasteiger partial charge in [-0.2, -0.15) is 23.5 Å². The van der Waals surface area contributed by atoms with Crippen LogP contribution in [0.2, 0.25) is 0 Å². The summed E-state index contributed by atoms with van der Waals surface area (Å²) in [7, 11) is 0. The van der Waals surface area contributed by atoms with Crippen LogP contribution in [0.25, 0.3) is 0 Å². The largest absolute Gasteiger partial charge is 0.387 e. The topological polar surface area (TPSA) is 20.2 Å². The number of hydrogen-bond acceptors (Lipinski definition) is 3. The predicted molar refractivity (Wildman–Crippen MR) is 79.0 cm³/mol. The first-order valence-corrected chi connectivity index (χ1v) is 8.18. The molecule has 1 saturated heterocycles. The normalized spacial score (nSPS) is 26.8. The van der Waals surface area contributed by atoms with Crippen molar-refractivity contribution in [1.29, 1.82) is 0 Å². The third-order valence-electron chi connectivity index (χ3n) is 3.29. The molecule has 1 aliphatic rings. The lowest BCUT2D eigenvalue weighted by Crippen LogP contribution is -2.29. The standard InChI is InChI=1S/C14H20OS2/c1-9-4-5-12(10(2)8-9)13(15)14-11(3)16-6-7-17-14/h4-5,8,11,13-15H,6-7H2,1-3H3. The Morgan fingerprint density at radius 3 is 2.59 bits per heavy atom. The number of thioether (sulfide) groups is 2. The van der Waals surface area contributed by atoms with E-state index < -0.39 is 0 Å². The van der Waals surface area contributed by atoms with Gasteiger partial charge in [-0.05, 0) is 25.0 Å². The predicted octanol–water partition coefficient (Wildman–Crippen LogP) is 3.57. The van der Waals surface area contributed by atoms with Crippen molar-refractivity contribution >= 4 is 23.5 Å². The summed E-state index contributed by atoms with van der Waals surface area (Å²) in [5, 5.41) is 11.4. The average Bonchev–Trinajstić information content (AvgIpc) is 2.29. The Kier molecular flexibility index (Phi) is 4.45. The Hall–Kier alpha value is -0.120. The van der Waals surface area contributed by atoms with Gasteiger partial charge >= 0.3 is 0 Å². The monoisotopic (exact) mass is 268 g/mol. The van der Waals surface area contributed by atoms with Crippen molar-refractivity contribution in [2.24, 2.45) is 0 Å². The van der Waals surface area contributed by atoms with Gasteiger partial charge in [0.25, 0.3) is 0 Å². The first-order valence-electron chi connectivity index (χ1n) is 6.08. The summed E-state index contributed by atoms with van der Waals surface area (Å²) in [6, 6.07) is 6.34. The summed E-state index contributed by atoms with van der Waals surface area (Å²) >= 11 is 3.89. The molecule has 0 bridgehead atoms. The molecule has 0 amide bonds. The zero-order chi connectivity index (χ0) is 12.4. The highest BCUT2D eigenvalue weighted by Crippen LogP contribution is 2.39. The van der Waals surface area contributed by atoms with E-state index in [1.807, 2.05) is 23.5 Å². The van der Waals surface area contributed by atoms with Crippen LogP contribution < -0.4 is 0 Å². The minimum atomic E-state index is -0.330. The molecule has 0 aromatic heterocycles. The highest BCUT2D eigenvalue weighted by molar-refractivity contribution is 8.07. The maximum atomic E-state index is 10.6. The molecule has 3 atom stereocenters. The maximum absolute atomic E-state index is 10.6. The number of rotatable bonds is 2. The van der Waals surface area contributed by atoms with Gasteiger partial charge in [-0.1, -0.05) is 30.7 Å². The molecule has 2 rings (SSSR count). The lowest BCUT2D eigenvalue weighted by Gasteiger charge is -2.32. The van der Waals surface area contributed by atoms with Crippen LogP contribution in [0.1, 0.15) is 29.7 Å². The van der Waals surface area contributed by atoms with E-state index in [1.54, 1.807) is 0 Å². The smallest absolute Gasteiger partial charge is 0.0921 e. The van der Waals surface area contributed by atoms with Gasteiger partial charge in [-0.15, -0.1) is 0 Å². The van der Waals surface area contributed by atoms with Crippen LogP contribution in [0.5, 0.6) is 0 Å². The van der Waals surface area contributed by atoms with Crippen LogP contribution in [0.15, 0.2) is 18.2 Å². The molecule has 0 radical (unpaired) electrons. The van der Waals surface area contributed by atoms with Crippen LogP contribution in [0.4, 0.5) is 0 Å². The molecule has 0 saturated carbocycles. The average molecular weight is 268 g/mol. The fraction of sp³-hybridized carbons (Fsp3) is 0.571. The van der Waals surface area contributed by atoms with Gasteiger partial charge < -0.3 is 5.11 Å². The number of hydrogen-bond donors (Lipinski definition) is 1. The summed E-state index contributed by atoms with van der Waals surface area (Å²) in [6.45, 7) is 6.42. The first kappa shape index (κ1) is 13.3. The molecule has 1 heterocycles. The second-order valence-electron chi connectivity index (χ2n) is 4.72. The van der Waals surface area contributed by atoms with Crippen molar-refractivity contribution in [3.63, 3.8) is 0 Å².